The molecule has 11 heteroatoms. The Labute approximate surface area is 216 Å². The zero-order valence-electron chi connectivity index (χ0n) is 20.8. The Morgan fingerprint density at radius 2 is 1.92 bits per heavy atom. The van der Waals surface area contributed by atoms with Crippen molar-refractivity contribution in [2.45, 2.75) is 37.5 Å². The van der Waals surface area contributed by atoms with Gasteiger partial charge in [-0.15, -0.1) is 0 Å². The fourth-order valence-electron chi connectivity index (χ4n) is 4.55. The molecule has 1 saturated carbocycles. The molecule has 3 aromatic rings. The van der Waals surface area contributed by atoms with E-state index >= 15 is 0 Å². The van der Waals surface area contributed by atoms with Crippen molar-refractivity contribution in [2.75, 3.05) is 41.0 Å². The molecule has 1 aliphatic heterocycles. The van der Waals surface area contributed by atoms with Crippen LogP contribution in [0.5, 0.6) is 0 Å². The molecule has 2 fully saturated rings. The largest absolute Gasteiger partial charge is 0.377 e. The molecule has 10 nitrogen and oxygen atoms in total. The summed E-state index contributed by atoms with van der Waals surface area (Å²) >= 11 is 0. The van der Waals surface area contributed by atoms with Crippen molar-refractivity contribution < 1.29 is 17.9 Å². The van der Waals surface area contributed by atoms with Crippen LogP contribution >= 0.6 is 0 Å². The van der Waals surface area contributed by atoms with Gasteiger partial charge in [0.2, 0.25) is 0 Å². The summed E-state index contributed by atoms with van der Waals surface area (Å²) in [6, 6.07) is 13.9. The minimum absolute atomic E-state index is 0.0660. The number of hydrogen-bond acceptors (Lipinski definition) is 8. The first-order valence-corrected chi connectivity index (χ1v) is 14.0. The number of carbonyl (C=O) groups excluding carboxylic acids is 1. The number of aromatic nitrogens is 3. The monoisotopic (exact) mass is 522 g/mol. The second-order valence-corrected chi connectivity index (χ2v) is 11.9. The molecule has 0 radical (unpaired) electrons. The highest BCUT2D eigenvalue weighted by Gasteiger charge is 2.56. The lowest BCUT2D eigenvalue weighted by molar-refractivity contribution is 0.0985. The van der Waals surface area contributed by atoms with Crippen LogP contribution in [0, 0.1) is 0 Å². The van der Waals surface area contributed by atoms with Gasteiger partial charge in [0.1, 0.15) is 16.4 Å². The van der Waals surface area contributed by atoms with Gasteiger partial charge in [-0.2, -0.15) is 0 Å². The third-order valence-corrected chi connectivity index (χ3v) is 9.40. The molecule has 0 unspecified atom stereocenters. The topological polar surface area (TPSA) is 126 Å². The predicted octanol–water partition coefficient (Wildman–Crippen LogP) is 3.83. The second kappa shape index (κ2) is 10.1. The lowest BCUT2D eigenvalue weighted by Gasteiger charge is -2.34. The Morgan fingerprint density at radius 3 is 2.57 bits per heavy atom. The molecule has 2 amide bonds. The van der Waals surface area contributed by atoms with Crippen LogP contribution in [0.25, 0.3) is 11.4 Å². The van der Waals surface area contributed by atoms with Gasteiger partial charge < -0.3 is 15.0 Å². The molecular formula is C26H30N6O4S. The Balaban J connectivity index is 1.44. The van der Waals surface area contributed by atoms with Crippen molar-refractivity contribution in [1.29, 1.82) is 0 Å². The molecule has 1 aromatic carbocycles. The summed E-state index contributed by atoms with van der Waals surface area (Å²) < 4.78 is 30.7. The molecule has 0 spiro atoms. The van der Waals surface area contributed by atoms with Crippen LogP contribution in [0.1, 0.15) is 32.4 Å². The second-order valence-electron chi connectivity index (χ2n) is 9.32. The number of amides is 2. The standard InChI is InChI=1S/C26H30N6O4S/c1-3-37(34,35)26(11-12-26)21-16-23(32-14-15-36-17-18(32)2)31-24(29-21)19-7-9-20(10-8-19)28-25(33)30-22-6-4-5-13-27-22/h4-10,13,16,18H,3,11-12,14-15,17H2,1-2H3,(H2,27,28,30,33)/t18-/m0/s1. The molecule has 2 aliphatic rings. The zero-order valence-corrected chi connectivity index (χ0v) is 21.7. The van der Waals surface area contributed by atoms with Gasteiger partial charge in [0.25, 0.3) is 0 Å². The molecule has 1 atom stereocenters. The summed E-state index contributed by atoms with van der Waals surface area (Å²) in [7, 11) is -3.34. The molecule has 37 heavy (non-hydrogen) atoms. The van der Waals surface area contributed by atoms with Gasteiger partial charge in [-0.3, -0.25) is 5.32 Å². The summed E-state index contributed by atoms with van der Waals surface area (Å²) in [5.74, 6) is 1.66. The van der Waals surface area contributed by atoms with Crippen molar-refractivity contribution in [3.05, 3.63) is 60.4 Å². The van der Waals surface area contributed by atoms with E-state index in [1.165, 1.54) is 0 Å². The minimum Gasteiger partial charge on any atom is -0.377 e. The average molecular weight is 523 g/mol. The maximum Gasteiger partial charge on any atom is 0.324 e. The maximum atomic E-state index is 13.0. The van der Waals surface area contributed by atoms with Gasteiger partial charge in [-0.1, -0.05) is 13.0 Å². The number of pyridine rings is 1. The third-order valence-electron chi connectivity index (χ3n) is 6.83. The van der Waals surface area contributed by atoms with Crippen molar-refractivity contribution in [2.24, 2.45) is 0 Å². The van der Waals surface area contributed by atoms with Gasteiger partial charge in [-0.25, -0.2) is 28.2 Å². The number of urea groups is 1. The van der Waals surface area contributed by atoms with E-state index < -0.39 is 20.6 Å². The smallest absolute Gasteiger partial charge is 0.324 e. The summed E-state index contributed by atoms with van der Waals surface area (Å²) in [5, 5.41) is 5.46. The third kappa shape index (κ3) is 5.14. The molecule has 2 aromatic heterocycles. The Morgan fingerprint density at radius 1 is 1.14 bits per heavy atom. The number of carbonyl (C=O) groups is 1. The molecular weight excluding hydrogens is 492 g/mol. The first-order chi connectivity index (χ1) is 17.8. The van der Waals surface area contributed by atoms with Gasteiger partial charge >= 0.3 is 6.03 Å². The molecule has 2 N–H and O–H groups in total. The number of morpholine rings is 1. The number of nitrogens with one attached hydrogen (secondary N) is 2. The fourth-order valence-corrected chi connectivity index (χ4v) is 6.25. The molecule has 1 aliphatic carbocycles. The van der Waals surface area contributed by atoms with E-state index in [-0.39, 0.29) is 11.8 Å². The van der Waals surface area contributed by atoms with Crippen LogP contribution in [0.15, 0.2) is 54.7 Å². The Bertz CT molecular complexity index is 1380. The fraction of sp³-hybridized carbons (Fsp3) is 0.385. The highest BCUT2D eigenvalue weighted by molar-refractivity contribution is 7.92. The predicted molar refractivity (Wildman–Crippen MR) is 142 cm³/mol. The van der Waals surface area contributed by atoms with Gasteiger partial charge in [0, 0.05) is 35.8 Å². The number of anilines is 3. The molecule has 0 bridgehead atoms. The number of ether oxygens (including phenoxy) is 1. The average Bonchev–Trinajstić information content (AvgIpc) is 3.73. The van der Waals surface area contributed by atoms with Crippen LogP contribution in [-0.2, 0) is 19.3 Å². The molecule has 3 heterocycles. The lowest BCUT2D eigenvalue weighted by Crippen LogP contribution is -2.44. The first-order valence-electron chi connectivity index (χ1n) is 12.4. The SMILES string of the molecule is CCS(=O)(=O)C1(c2cc(N3CCOC[C@@H]3C)nc(-c3ccc(NC(=O)Nc4ccccn4)cc3)n2)CC1. The van der Waals surface area contributed by atoms with E-state index in [4.69, 9.17) is 14.7 Å². The highest BCUT2D eigenvalue weighted by atomic mass is 32.2. The lowest BCUT2D eigenvalue weighted by atomic mass is 10.1. The van der Waals surface area contributed by atoms with Gasteiger partial charge in [-0.05, 0) is 56.2 Å². The minimum atomic E-state index is -3.34. The van der Waals surface area contributed by atoms with E-state index in [9.17, 15) is 13.2 Å². The van der Waals surface area contributed by atoms with Crippen LogP contribution in [0.4, 0.5) is 22.1 Å². The van der Waals surface area contributed by atoms with Gasteiger partial charge in [0.15, 0.2) is 15.7 Å². The Kier molecular flexibility index (Phi) is 6.82. The van der Waals surface area contributed by atoms with Crippen molar-refractivity contribution in [1.82, 2.24) is 15.0 Å². The van der Waals surface area contributed by atoms with E-state index in [2.05, 4.69) is 27.4 Å². The quantitative estimate of drug-likeness (QED) is 0.479. The van der Waals surface area contributed by atoms with Crippen LogP contribution < -0.4 is 15.5 Å². The van der Waals surface area contributed by atoms with E-state index in [1.807, 2.05) is 18.2 Å². The highest BCUT2D eigenvalue weighted by Crippen LogP contribution is 2.53. The maximum absolute atomic E-state index is 13.0. The van der Waals surface area contributed by atoms with Crippen LogP contribution in [0.3, 0.4) is 0 Å². The number of benzene rings is 1. The number of sulfone groups is 1. The molecule has 194 valence electrons. The van der Waals surface area contributed by atoms with Crippen molar-refractivity contribution >= 4 is 33.2 Å². The zero-order chi connectivity index (χ0) is 26.0. The Hall–Kier alpha value is -3.57. The summed E-state index contributed by atoms with van der Waals surface area (Å²) in [6.07, 6.45) is 2.72. The van der Waals surface area contributed by atoms with Gasteiger partial charge in [0.05, 0.1) is 24.9 Å². The van der Waals surface area contributed by atoms with E-state index in [0.717, 1.165) is 5.56 Å². The van der Waals surface area contributed by atoms with E-state index in [1.54, 1.807) is 43.5 Å². The van der Waals surface area contributed by atoms with Crippen LogP contribution in [0.2, 0.25) is 0 Å². The summed E-state index contributed by atoms with van der Waals surface area (Å²) in [4.78, 5) is 28.1. The number of rotatable bonds is 7. The summed E-state index contributed by atoms with van der Waals surface area (Å²) in [6.45, 7) is 5.57. The van der Waals surface area contributed by atoms with Crippen molar-refractivity contribution in [3.63, 3.8) is 0 Å². The number of hydrogen-bond donors (Lipinski definition) is 2. The van der Waals surface area contributed by atoms with Crippen molar-refractivity contribution in [3.8, 4) is 11.4 Å². The molecule has 5 rings (SSSR count). The summed E-state index contributed by atoms with van der Waals surface area (Å²) in [5.41, 5.74) is 1.86. The normalized spacial score (nSPS) is 18.8. The molecule has 1 saturated heterocycles. The van der Waals surface area contributed by atoms with Crippen LogP contribution in [-0.4, -0.2) is 61.0 Å². The van der Waals surface area contributed by atoms with E-state index in [0.29, 0.717) is 61.4 Å². The number of nitrogens with zero attached hydrogens (tertiary/aromatic N) is 4. The first kappa shape index (κ1) is 25.1.